The molecular weight excluding hydrogens is 284 g/mol. The molecule has 3 rings (SSSR count). The molecule has 0 aromatic carbocycles. The van der Waals surface area contributed by atoms with Gasteiger partial charge in [0.05, 0.1) is 0 Å². The number of thiazole rings is 1. The molecule has 1 amide bonds. The Morgan fingerprint density at radius 3 is 2.67 bits per heavy atom. The zero-order chi connectivity index (χ0) is 14.7. The highest BCUT2D eigenvalue weighted by atomic mass is 32.1. The van der Waals surface area contributed by atoms with Crippen molar-refractivity contribution >= 4 is 22.4 Å². The summed E-state index contributed by atoms with van der Waals surface area (Å²) < 4.78 is 0. The second-order valence-electron chi connectivity index (χ2n) is 5.22. The molecule has 2 aromatic rings. The van der Waals surface area contributed by atoms with E-state index in [1.165, 1.54) is 4.88 Å². The molecule has 110 valence electrons. The molecule has 0 radical (unpaired) electrons. The van der Waals surface area contributed by atoms with Gasteiger partial charge in [-0.15, -0.1) is 11.3 Å². The van der Waals surface area contributed by atoms with Crippen molar-refractivity contribution in [2.75, 3.05) is 18.0 Å². The summed E-state index contributed by atoms with van der Waals surface area (Å²) in [5.74, 6) is -0.0130. The topological polar surface area (TPSA) is 58.1 Å². The maximum atomic E-state index is 12.1. The zero-order valence-electron chi connectivity index (χ0n) is 12.0. The minimum absolute atomic E-state index is 0.0130. The third-order valence-corrected chi connectivity index (χ3v) is 4.63. The van der Waals surface area contributed by atoms with E-state index in [1.807, 2.05) is 6.20 Å². The Morgan fingerprint density at radius 2 is 2.05 bits per heavy atom. The second kappa shape index (κ2) is 6.22. The van der Waals surface area contributed by atoms with Crippen molar-refractivity contribution < 1.29 is 4.79 Å². The molecule has 0 saturated carbocycles. The molecule has 21 heavy (non-hydrogen) atoms. The van der Waals surface area contributed by atoms with E-state index in [0.717, 1.165) is 31.1 Å². The molecule has 1 aliphatic rings. The van der Waals surface area contributed by atoms with Gasteiger partial charge in [-0.05, 0) is 31.9 Å². The molecule has 0 bridgehead atoms. The SMILES string of the molecule is Cc1cnc(N2CCC(NC(=O)c3ccncc3)CC2)s1. The van der Waals surface area contributed by atoms with E-state index in [0.29, 0.717) is 5.56 Å². The largest absolute Gasteiger partial charge is 0.349 e. The summed E-state index contributed by atoms with van der Waals surface area (Å²) in [6.45, 7) is 3.95. The number of piperidine rings is 1. The molecule has 0 spiro atoms. The molecule has 1 aliphatic heterocycles. The average Bonchev–Trinajstić information content (AvgIpc) is 2.95. The van der Waals surface area contributed by atoms with Crippen LogP contribution in [0.3, 0.4) is 0 Å². The van der Waals surface area contributed by atoms with Crippen LogP contribution < -0.4 is 10.2 Å². The Hall–Kier alpha value is -1.95. The van der Waals surface area contributed by atoms with Crippen molar-refractivity contribution in [1.82, 2.24) is 15.3 Å². The van der Waals surface area contributed by atoms with Crippen molar-refractivity contribution in [3.05, 3.63) is 41.2 Å². The molecule has 2 aromatic heterocycles. The molecule has 0 unspecified atom stereocenters. The molecule has 1 fully saturated rings. The summed E-state index contributed by atoms with van der Waals surface area (Å²) in [7, 11) is 0. The predicted octanol–water partition coefficient (Wildman–Crippen LogP) is 2.25. The first kappa shape index (κ1) is 14.0. The molecule has 1 N–H and O–H groups in total. The zero-order valence-corrected chi connectivity index (χ0v) is 12.8. The first-order valence-corrected chi connectivity index (χ1v) is 7.92. The highest BCUT2D eigenvalue weighted by Gasteiger charge is 2.22. The molecule has 0 aliphatic carbocycles. The van der Waals surface area contributed by atoms with Crippen molar-refractivity contribution in [3.8, 4) is 0 Å². The third kappa shape index (κ3) is 3.39. The number of nitrogens with one attached hydrogen (secondary N) is 1. The van der Waals surface area contributed by atoms with E-state index >= 15 is 0 Å². The van der Waals surface area contributed by atoms with Crippen LogP contribution in [0, 0.1) is 6.92 Å². The molecular formula is C15H18N4OS. The number of carbonyl (C=O) groups excluding carboxylic acids is 1. The monoisotopic (exact) mass is 302 g/mol. The number of anilines is 1. The van der Waals surface area contributed by atoms with Crippen molar-refractivity contribution in [3.63, 3.8) is 0 Å². The smallest absolute Gasteiger partial charge is 0.251 e. The highest BCUT2D eigenvalue weighted by molar-refractivity contribution is 7.15. The Balaban J connectivity index is 1.53. The van der Waals surface area contributed by atoms with Crippen LogP contribution in [-0.2, 0) is 0 Å². The van der Waals surface area contributed by atoms with Crippen LogP contribution in [0.15, 0.2) is 30.7 Å². The van der Waals surface area contributed by atoms with E-state index in [9.17, 15) is 4.79 Å². The number of nitrogens with zero attached hydrogens (tertiary/aromatic N) is 3. The number of hydrogen-bond donors (Lipinski definition) is 1. The first-order valence-electron chi connectivity index (χ1n) is 7.10. The summed E-state index contributed by atoms with van der Waals surface area (Å²) in [4.78, 5) is 24.0. The fourth-order valence-corrected chi connectivity index (χ4v) is 3.29. The van der Waals surface area contributed by atoms with Crippen LogP contribution in [0.4, 0.5) is 5.13 Å². The normalized spacial score (nSPS) is 16.0. The van der Waals surface area contributed by atoms with Gasteiger partial charge in [0.2, 0.25) is 0 Å². The van der Waals surface area contributed by atoms with Crippen LogP contribution in [0.1, 0.15) is 28.1 Å². The van der Waals surface area contributed by atoms with Gasteiger partial charge in [0.15, 0.2) is 5.13 Å². The van der Waals surface area contributed by atoms with E-state index in [1.54, 1.807) is 35.9 Å². The van der Waals surface area contributed by atoms with Gasteiger partial charge in [-0.3, -0.25) is 9.78 Å². The molecule has 0 atom stereocenters. The van der Waals surface area contributed by atoms with E-state index < -0.39 is 0 Å². The highest BCUT2D eigenvalue weighted by Crippen LogP contribution is 2.24. The number of carbonyl (C=O) groups is 1. The van der Waals surface area contributed by atoms with Gasteiger partial charge < -0.3 is 10.2 Å². The fraction of sp³-hybridized carbons (Fsp3) is 0.400. The Labute approximate surface area is 128 Å². The molecule has 6 heteroatoms. The van der Waals surface area contributed by atoms with E-state index in [-0.39, 0.29) is 11.9 Å². The summed E-state index contributed by atoms with van der Waals surface area (Å²) in [5, 5.41) is 4.19. The lowest BCUT2D eigenvalue weighted by Crippen LogP contribution is -2.44. The summed E-state index contributed by atoms with van der Waals surface area (Å²) >= 11 is 1.73. The third-order valence-electron chi connectivity index (χ3n) is 3.65. The number of amides is 1. The average molecular weight is 302 g/mol. The lowest BCUT2D eigenvalue weighted by Gasteiger charge is -2.32. The van der Waals surface area contributed by atoms with Crippen LogP contribution in [0.5, 0.6) is 0 Å². The summed E-state index contributed by atoms with van der Waals surface area (Å²) in [6, 6.07) is 3.72. The maximum absolute atomic E-state index is 12.1. The van der Waals surface area contributed by atoms with Crippen molar-refractivity contribution in [2.24, 2.45) is 0 Å². The quantitative estimate of drug-likeness (QED) is 0.945. The van der Waals surface area contributed by atoms with Gasteiger partial charge in [0.1, 0.15) is 0 Å². The van der Waals surface area contributed by atoms with Crippen LogP contribution in [-0.4, -0.2) is 35.0 Å². The Morgan fingerprint density at radius 1 is 1.33 bits per heavy atom. The van der Waals surface area contributed by atoms with Gasteiger partial charge in [-0.25, -0.2) is 4.98 Å². The van der Waals surface area contributed by atoms with E-state index in [2.05, 4.69) is 27.1 Å². The minimum Gasteiger partial charge on any atom is -0.349 e. The number of pyridine rings is 1. The molecule has 5 nitrogen and oxygen atoms in total. The van der Waals surface area contributed by atoms with Crippen LogP contribution in [0.2, 0.25) is 0 Å². The van der Waals surface area contributed by atoms with Crippen LogP contribution >= 0.6 is 11.3 Å². The number of aryl methyl sites for hydroxylation is 1. The van der Waals surface area contributed by atoms with Gasteiger partial charge in [-0.2, -0.15) is 0 Å². The minimum atomic E-state index is -0.0130. The number of rotatable bonds is 3. The van der Waals surface area contributed by atoms with Gasteiger partial charge >= 0.3 is 0 Å². The maximum Gasteiger partial charge on any atom is 0.251 e. The fourth-order valence-electron chi connectivity index (χ4n) is 2.48. The Bertz CT molecular complexity index is 605. The van der Waals surface area contributed by atoms with Gasteiger partial charge in [-0.1, -0.05) is 0 Å². The molecule has 3 heterocycles. The van der Waals surface area contributed by atoms with E-state index in [4.69, 9.17) is 0 Å². The number of hydrogen-bond acceptors (Lipinski definition) is 5. The van der Waals surface area contributed by atoms with Gasteiger partial charge in [0, 0.05) is 48.2 Å². The molecule has 1 saturated heterocycles. The van der Waals surface area contributed by atoms with Crippen molar-refractivity contribution in [1.29, 1.82) is 0 Å². The van der Waals surface area contributed by atoms with Crippen molar-refractivity contribution in [2.45, 2.75) is 25.8 Å². The Kier molecular flexibility index (Phi) is 4.15. The standard InChI is InChI=1S/C15H18N4OS/c1-11-10-17-15(21-11)19-8-4-13(5-9-19)18-14(20)12-2-6-16-7-3-12/h2-3,6-7,10,13H,4-5,8-9H2,1H3,(H,18,20). The predicted molar refractivity (Wildman–Crippen MR) is 83.8 cm³/mol. The number of aromatic nitrogens is 2. The summed E-state index contributed by atoms with van der Waals surface area (Å²) in [5.41, 5.74) is 0.669. The van der Waals surface area contributed by atoms with Crippen LogP contribution in [0.25, 0.3) is 0 Å². The lowest BCUT2D eigenvalue weighted by atomic mass is 10.0. The second-order valence-corrected chi connectivity index (χ2v) is 6.44. The van der Waals surface area contributed by atoms with Gasteiger partial charge in [0.25, 0.3) is 5.91 Å². The lowest BCUT2D eigenvalue weighted by molar-refractivity contribution is 0.0931. The first-order chi connectivity index (χ1) is 10.2. The summed E-state index contributed by atoms with van der Waals surface area (Å²) in [6.07, 6.45) is 7.10.